The lowest BCUT2D eigenvalue weighted by molar-refractivity contribution is 0.585. The first-order valence-electron chi connectivity index (χ1n) is 7.18. The number of benzene rings is 2. The van der Waals surface area contributed by atoms with Crippen molar-refractivity contribution >= 4 is 34.7 Å². The Balaban J connectivity index is 2.16. The van der Waals surface area contributed by atoms with Crippen molar-refractivity contribution in [2.45, 2.75) is 6.92 Å². The summed E-state index contributed by atoms with van der Waals surface area (Å²) in [7, 11) is 1.61. The second kappa shape index (κ2) is 6.61. The Morgan fingerprint density at radius 3 is 2.40 bits per heavy atom. The third-order valence-electron chi connectivity index (χ3n) is 3.67. The summed E-state index contributed by atoms with van der Waals surface area (Å²) >= 11 is 11.8. The average molecular weight is 386 g/mol. The fraction of sp³-hybridized carbons (Fsp3) is 0.118. The first kappa shape index (κ1) is 17.6. The van der Waals surface area contributed by atoms with Gasteiger partial charge in [0, 0.05) is 23.7 Å². The summed E-state index contributed by atoms with van der Waals surface area (Å²) < 4.78 is 43.1. The fourth-order valence-corrected chi connectivity index (χ4v) is 3.11. The van der Waals surface area contributed by atoms with Crippen molar-refractivity contribution in [2.24, 2.45) is 7.05 Å². The van der Waals surface area contributed by atoms with Crippen LogP contribution in [0.4, 0.5) is 24.7 Å². The lowest BCUT2D eigenvalue weighted by atomic mass is 10.0. The van der Waals surface area contributed by atoms with Crippen LogP contribution < -0.4 is 5.32 Å². The molecule has 0 bridgehead atoms. The molecule has 0 aliphatic heterocycles. The summed E-state index contributed by atoms with van der Waals surface area (Å²) in [5.41, 5.74) is 0.990. The molecule has 130 valence electrons. The minimum atomic E-state index is -0.748. The van der Waals surface area contributed by atoms with Crippen LogP contribution in [0.5, 0.6) is 0 Å². The lowest BCUT2D eigenvalue weighted by Crippen LogP contribution is -2.03. The highest BCUT2D eigenvalue weighted by Crippen LogP contribution is 2.38. The molecule has 0 aliphatic rings. The van der Waals surface area contributed by atoms with Crippen molar-refractivity contribution in [2.75, 3.05) is 5.32 Å². The van der Waals surface area contributed by atoms with Gasteiger partial charge in [-0.15, -0.1) is 0 Å². The zero-order valence-corrected chi connectivity index (χ0v) is 14.7. The summed E-state index contributed by atoms with van der Waals surface area (Å²) in [6.07, 6.45) is 0. The van der Waals surface area contributed by atoms with Crippen LogP contribution in [0.25, 0.3) is 11.1 Å². The molecule has 2 aromatic carbocycles. The molecule has 1 aromatic heterocycles. The average Bonchev–Trinajstić information content (AvgIpc) is 2.77. The Morgan fingerprint density at radius 2 is 1.76 bits per heavy atom. The van der Waals surface area contributed by atoms with Crippen LogP contribution >= 0.6 is 23.2 Å². The van der Waals surface area contributed by atoms with Crippen LogP contribution in [0.2, 0.25) is 10.0 Å². The van der Waals surface area contributed by atoms with Gasteiger partial charge in [0.25, 0.3) is 0 Å². The van der Waals surface area contributed by atoms with Gasteiger partial charge in [0.2, 0.25) is 0 Å². The van der Waals surface area contributed by atoms with Crippen molar-refractivity contribution in [3.05, 3.63) is 63.5 Å². The van der Waals surface area contributed by atoms with E-state index in [1.54, 1.807) is 14.0 Å². The molecule has 25 heavy (non-hydrogen) atoms. The number of halogens is 5. The molecular formula is C17H12Cl2F3N3. The third kappa shape index (κ3) is 3.32. The summed E-state index contributed by atoms with van der Waals surface area (Å²) in [6, 6.07) is 5.72. The molecule has 0 spiro atoms. The molecule has 1 N–H and O–H groups in total. The Morgan fingerprint density at radius 1 is 1.04 bits per heavy atom. The number of hydrogen-bond donors (Lipinski definition) is 1. The lowest BCUT2D eigenvalue weighted by Gasteiger charge is -2.13. The van der Waals surface area contributed by atoms with Gasteiger partial charge in [-0.3, -0.25) is 4.68 Å². The minimum Gasteiger partial charge on any atom is -0.336 e. The second-order valence-corrected chi connectivity index (χ2v) is 6.27. The largest absolute Gasteiger partial charge is 0.336 e. The van der Waals surface area contributed by atoms with Gasteiger partial charge >= 0.3 is 0 Å². The predicted octanol–water partition coefficient (Wildman–Crippen LogP) is 5.86. The summed E-state index contributed by atoms with van der Waals surface area (Å²) in [4.78, 5) is 0. The van der Waals surface area contributed by atoms with Gasteiger partial charge in [0.15, 0.2) is 0 Å². The maximum Gasteiger partial charge on any atom is 0.149 e. The van der Waals surface area contributed by atoms with Crippen molar-refractivity contribution in [3.63, 3.8) is 0 Å². The molecule has 0 fully saturated rings. The molecule has 0 unspecified atom stereocenters. The SMILES string of the molecule is Cc1nn(C)c(Nc2c(F)cc(Cl)cc2Cl)c1-c1ccc(F)cc1F. The molecule has 3 rings (SSSR count). The Kier molecular flexibility index (Phi) is 4.67. The van der Waals surface area contributed by atoms with Crippen LogP contribution in [-0.4, -0.2) is 9.78 Å². The van der Waals surface area contributed by atoms with E-state index in [4.69, 9.17) is 23.2 Å². The maximum atomic E-state index is 14.2. The zero-order chi connectivity index (χ0) is 18.3. The third-order valence-corrected chi connectivity index (χ3v) is 4.19. The Hall–Kier alpha value is -2.18. The predicted molar refractivity (Wildman–Crippen MR) is 93.0 cm³/mol. The molecule has 0 atom stereocenters. The molecule has 0 radical (unpaired) electrons. The highest BCUT2D eigenvalue weighted by molar-refractivity contribution is 6.36. The van der Waals surface area contributed by atoms with Gasteiger partial charge in [0.05, 0.1) is 22.0 Å². The van der Waals surface area contributed by atoms with Crippen molar-refractivity contribution in [1.82, 2.24) is 9.78 Å². The molecule has 3 nitrogen and oxygen atoms in total. The Bertz CT molecular complexity index is 947. The Labute approximate surface area is 152 Å². The molecular weight excluding hydrogens is 374 g/mol. The number of aromatic nitrogens is 2. The van der Waals surface area contributed by atoms with Gasteiger partial charge < -0.3 is 5.32 Å². The number of nitrogens with zero attached hydrogens (tertiary/aromatic N) is 2. The van der Waals surface area contributed by atoms with E-state index in [0.717, 1.165) is 18.2 Å². The van der Waals surface area contributed by atoms with Crippen LogP contribution in [0, 0.1) is 24.4 Å². The van der Waals surface area contributed by atoms with E-state index in [2.05, 4.69) is 10.4 Å². The highest BCUT2D eigenvalue weighted by Gasteiger charge is 2.21. The van der Waals surface area contributed by atoms with E-state index in [1.807, 2.05) is 0 Å². The quantitative estimate of drug-likeness (QED) is 0.611. The molecule has 0 saturated heterocycles. The highest BCUT2D eigenvalue weighted by atomic mass is 35.5. The number of rotatable bonds is 3. The first-order valence-corrected chi connectivity index (χ1v) is 7.94. The topological polar surface area (TPSA) is 29.9 Å². The summed E-state index contributed by atoms with van der Waals surface area (Å²) in [5.74, 6) is -1.79. The normalized spacial score (nSPS) is 11.0. The maximum absolute atomic E-state index is 14.2. The summed E-state index contributed by atoms with van der Waals surface area (Å²) in [6.45, 7) is 1.67. The van der Waals surface area contributed by atoms with Crippen LogP contribution in [0.3, 0.4) is 0 Å². The zero-order valence-electron chi connectivity index (χ0n) is 13.2. The van der Waals surface area contributed by atoms with Crippen LogP contribution in [-0.2, 0) is 7.05 Å². The van der Waals surface area contributed by atoms with Crippen LogP contribution in [0.15, 0.2) is 30.3 Å². The number of hydrogen-bond acceptors (Lipinski definition) is 2. The molecule has 1 heterocycles. The van der Waals surface area contributed by atoms with Gasteiger partial charge in [-0.1, -0.05) is 23.2 Å². The van der Waals surface area contributed by atoms with Crippen LogP contribution in [0.1, 0.15) is 5.69 Å². The molecule has 0 aliphatic carbocycles. The number of nitrogens with one attached hydrogen (secondary N) is 1. The van der Waals surface area contributed by atoms with E-state index in [1.165, 1.54) is 16.8 Å². The van der Waals surface area contributed by atoms with Gasteiger partial charge in [0.1, 0.15) is 23.3 Å². The van der Waals surface area contributed by atoms with Gasteiger partial charge in [-0.2, -0.15) is 5.10 Å². The monoisotopic (exact) mass is 385 g/mol. The molecule has 3 aromatic rings. The second-order valence-electron chi connectivity index (χ2n) is 5.43. The van der Waals surface area contributed by atoms with Crippen molar-refractivity contribution < 1.29 is 13.2 Å². The van der Waals surface area contributed by atoms with Gasteiger partial charge in [-0.05, 0) is 31.2 Å². The molecule has 0 saturated carbocycles. The van der Waals surface area contributed by atoms with E-state index in [9.17, 15) is 13.2 Å². The van der Waals surface area contributed by atoms with E-state index < -0.39 is 17.5 Å². The summed E-state index contributed by atoms with van der Waals surface area (Å²) in [5, 5.41) is 7.28. The smallest absolute Gasteiger partial charge is 0.149 e. The molecule has 8 heteroatoms. The van der Waals surface area contributed by atoms with Crippen molar-refractivity contribution in [1.29, 1.82) is 0 Å². The minimum absolute atomic E-state index is 0.0159. The first-order chi connectivity index (χ1) is 11.8. The molecule has 0 amide bonds. The number of aryl methyl sites for hydroxylation is 2. The standard InChI is InChI=1S/C17H12Cl2F3N3/c1-8-15(11-4-3-10(20)7-13(11)21)17(25(2)24-8)23-16-12(19)5-9(18)6-14(16)22/h3-7,23H,1-2H3. The van der Waals surface area contributed by atoms with Crippen molar-refractivity contribution in [3.8, 4) is 11.1 Å². The number of anilines is 2. The van der Waals surface area contributed by atoms with E-state index in [0.29, 0.717) is 17.1 Å². The van der Waals surface area contributed by atoms with E-state index >= 15 is 0 Å². The van der Waals surface area contributed by atoms with Gasteiger partial charge in [-0.25, -0.2) is 13.2 Å². The fourth-order valence-electron chi connectivity index (χ4n) is 2.60. The van der Waals surface area contributed by atoms with E-state index in [-0.39, 0.29) is 21.3 Å².